The second-order valence-corrected chi connectivity index (χ2v) is 4.82. The molecular weight excluding hydrogens is 261 g/mol. The van der Waals surface area contributed by atoms with Gasteiger partial charge >= 0.3 is 0 Å². The fraction of sp³-hybridized carbons (Fsp3) is 0.364. The first-order valence-electron chi connectivity index (χ1n) is 5.24. The summed E-state index contributed by atoms with van der Waals surface area (Å²) in [5.74, 6) is 0.569. The van der Waals surface area contributed by atoms with Crippen LogP contribution >= 0.6 is 23.2 Å². The summed E-state index contributed by atoms with van der Waals surface area (Å²) in [5, 5.41) is 5.03. The Balaban J connectivity index is 2.43. The Bertz CT molecular complexity index is 519. The highest BCUT2D eigenvalue weighted by Crippen LogP contribution is 2.30. The lowest BCUT2D eigenvalue weighted by Gasteiger charge is -2.15. The molecule has 0 amide bonds. The molecule has 6 heteroatoms. The van der Waals surface area contributed by atoms with Crippen molar-refractivity contribution in [1.29, 1.82) is 0 Å². The molecule has 0 spiro atoms. The molecule has 0 bridgehead atoms. The van der Waals surface area contributed by atoms with Gasteiger partial charge in [-0.15, -0.1) is 0 Å². The first kappa shape index (κ1) is 12.5. The highest BCUT2D eigenvalue weighted by Gasteiger charge is 2.22. The van der Waals surface area contributed by atoms with Crippen LogP contribution in [0, 0.1) is 0 Å². The fourth-order valence-electron chi connectivity index (χ4n) is 1.68. The number of nitrogens with zero attached hydrogens (tertiary/aromatic N) is 2. The van der Waals surface area contributed by atoms with Gasteiger partial charge in [0.05, 0.1) is 16.9 Å². The molecule has 0 aliphatic carbocycles. The van der Waals surface area contributed by atoms with E-state index in [0.29, 0.717) is 16.0 Å². The molecule has 2 aromatic rings. The molecule has 0 aromatic carbocycles. The lowest BCUT2D eigenvalue weighted by molar-refractivity contribution is 0.453. The van der Waals surface area contributed by atoms with E-state index in [2.05, 4.69) is 5.10 Å². The SMILES string of the molecule is CC(C)n1ncc(Cl)c1C(N)c1ccc(Cl)o1. The van der Waals surface area contributed by atoms with E-state index in [9.17, 15) is 0 Å². The molecule has 1 atom stereocenters. The van der Waals surface area contributed by atoms with Crippen molar-refractivity contribution < 1.29 is 4.42 Å². The summed E-state index contributed by atoms with van der Waals surface area (Å²) in [6, 6.07) is 3.09. The van der Waals surface area contributed by atoms with E-state index in [1.807, 2.05) is 13.8 Å². The third-order valence-corrected chi connectivity index (χ3v) is 2.97. The monoisotopic (exact) mass is 273 g/mol. The van der Waals surface area contributed by atoms with Gasteiger partial charge in [0.2, 0.25) is 0 Å². The van der Waals surface area contributed by atoms with E-state index in [1.165, 1.54) is 0 Å². The molecule has 92 valence electrons. The van der Waals surface area contributed by atoms with E-state index in [4.69, 9.17) is 33.4 Å². The second kappa shape index (κ2) is 4.72. The van der Waals surface area contributed by atoms with Gasteiger partial charge in [-0.25, -0.2) is 0 Å². The first-order chi connectivity index (χ1) is 8.00. The van der Waals surface area contributed by atoms with Crippen LogP contribution in [-0.4, -0.2) is 9.78 Å². The van der Waals surface area contributed by atoms with Gasteiger partial charge in [-0.2, -0.15) is 5.10 Å². The first-order valence-corrected chi connectivity index (χ1v) is 6.00. The lowest BCUT2D eigenvalue weighted by Crippen LogP contribution is -2.18. The van der Waals surface area contributed by atoms with Crippen molar-refractivity contribution in [2.45, 2.75) is 25.9 Å². The van der Waals surface area contributed by atoms with Crippen LogP contribution in [0.2, 0.25) is 10.2 Å². The van der Waals surface area contributed by atoms with Gasteiger partial charge in [0, 0.05) is 6.04 Å². The third kappa shape index (κ3) is 2.34. The third-order valence-electron chi connectivity index (χ3n) is 2.47. The van der Waals surface area contributed by atoms with Gasteiger partial charge in [0.15, 0.2) is 5.22 Å². The van der Waals surface area contributed by atoms with Crippen molar-refractivity contribution in [3.05, 3.63) is 40.0 Å². The molecule has 2 rings (SSSR count). The van der Waals surface area contributed by atoms with Crippen molar-refractivity contribution in [3.8, 4) is 0 Å². The Kier molecular flexibility index (Phi) is 3.47. The van der Waals surface area contributed by atoms with Crippen molar-refractivity contribution in [3.63, 3.8) is 0 Å². The van der Waals surface area contributed by atoms with Crippen LogP contribution in [0.15, 0.2) is 22.7 Å². The average Bonchev–Trinajstić information content (AvgIpc) is 2.83. The molecular formula is C11H13Cl2N3O. The van der Waals surface area contributed by atoms with Crippen LogP contribution in [0.5, 0.6) is 0 Å². The zero-order valence-corrected chi connectivity index (χ0v) is 11.0. The van der Waals surface area contributed by atoms with Gasteiger partial charge in [0.25, 0.3) is 0 Å². The van der Waals surface area contributed by atoms with Gasteiger partial charge in [-0.3, -0.25) is 4.68 Å². The predicted molar refractivity (Wildman–Crippen MR) is 67.4 cm³/mol. The number of aromatic nitrogens is 2. The molecule has 2 heterocycles. The summed E-state index contributed by atoms with van der Waals surface area (Å²) in [6.07, 6.45) is 1.58. The number of furan rings is 1. The zero-order valence-electron chi connectivity index (χ0n) is 9.52. The Labute approximate surface area is 109 Å². The normalized spacial score (nSPS) is 13.3. The summed E-state index contributed by atoms with van der Waals surface area (Å²) >= 11 is 11.8. The van der Waals surface area contributed by atoms with Gasteiger partial charge in [-0.05, 0) is 37.6 Å². The number of rotatable bonds is 3. The molecule has 2 N–H and O–H groups in total. The minimum Gasteiger partial charge on any atom is -0.448 e. The maximum Gasteiger partial charge on any atom is 0.193 e. The molecule has 0 fully saturated rings. The topological polar surface area (TPSA) is 57.0 Å². The van der Waals surface area contributed by atoms with Crippen LogP contribution in [0.25, 0.3) is 0 Å². The Morgan fingerprint density at radius 2 is 2.06 bits per heavy atom. The van der Waals surface area contributed by atoms with E-state index < -0.39 is 6.04 Å². The summed E-state index contributed by atoms with van der Waals surface area (Å²) < 4.78 is 7.08. The molecule has 1 unspecified atom stereocenters. The molecule has 0 aliphatic rings. The highest BCUT2D eigenvalue weighted by molar-refractivity contribution is 6.31. The summed E-state index contributed by atoms with van der Waals surface area (Å²) in [5.41, 5.74) is 6.85. The van der Waals surface area contributed by atoms with Crippen molar-refractivity contribution >= 4 is 23.2 Å². The Hall–Kier alpha value is -0.970. The van der Waals surface area contributed by atoms with Crippen LogP contribution < -0.4 is 5.73 Å². The number of halogens is 2. The maximum absolute atomic E-state index is 6.12. The summed E-state index contributed by atoms with van der Waals surface area (Å²) in [6.45, 7) is 4.02. The van der Waals surface area contributed by atoms with Crippen LogP contribution in [0.1, 0.15) is 37.4 Å². The minimum atomic E-state index is -0.472. The Morgan fingerprint density at radius 1 is 1.35 bits per heavy atom. The molecule has 0 aliphatic heterocycles. The molecule has 0 radical (unpaired) electrons. The smallest absolute Gasteiger partial charge is 0.193 e. The largest absolute Gasteiger partial charge is 0.448 e. The molecule has 0 saturated heterocycles. The van der Waals surface area contributed by atoms with Crippen molar-refractivity contribution in [2.75, 3.05) is 0 Å². The van der Waals surface area contributed by atoms with E-state index >= 15 is 0 Å². The zero-order chi connectivity index (χ0) is 12.6. The molecule has 2 aromatic heterocycles. The van der Waals surface area contributed by atoms with Crippen molar-refractivity contribution in [1.82, 2.24) is 9.78 Å². The maximum atomic E-state index is 6.12. The minimum absolute atomic E-state index is 0.175. The number of hydrogen-bond donors (Lipinski definition) is 1. The van der Waals surface area contributed by atoms with E-state index in [1.54, 1.807) is 23.0 Å². The number of nitrogens with two attached hydrogens (primary N) is 1. The van der Waals surface area contributed by atoms with Crippen LogP contribution in [0.3, 0.4) is 0 Å². The second-order valence-electron chi connectivity index (χ2n) is 4.04. The van der Waals surface area contributed by atoms with E-state index in [0.717, 1.165) is 5.69 Å². The summed E-state index contributed by atoms with van der Waals surface area (Å²) in [4.78, 5) is 0. The van der Waals surface area contributed by atoms with Crippen LogP contribution in [0.4, 0.5) is 0 Å². The Morgan fingerprint density at radius 3 is 2.59 bits per heavy atom. The number of hydrogen-bond acceptors (Lipinski definition) is 3. The molecule has 0 saturated carbocycles. The summed E-state index contributed by atoms with van der Waals surface area (Å²) in [7, 11) is 0. The van der Waals surface area contributed by atoms with E-state index in [-0.39, 0.29) is 6.04 Å². The standard InChI is InChI=1S/C11H13Cl2N3O/c1-6(2)16-11(7(12)5-15-16)10(14)8-3-4-9(13)17-8/h3-6,10H,14H2,1-2H3. The predicted octanol–water partition coefficient (Wildman–Crippen LogP) is 3.41. The molecule has 17 heavy (non-hydrogen) atoms. The lowest BCUT2D eigenvalue weighted by atomic mass is 10.1. The van der Waals surface area contributed by atoms with Crippen molar-refractivity contribution in [2.24, 2.45) is 5.73 Å². The quantitative estimate of drug-likeness (QED) is 0.933. The van der Waals surface area contributed by atoms with Crippen LogP contribution in [-0.2, 0) is 0 Å². The van der Waals surface area contributed by atoms with Gasteiger partial charge in [-0.1, -0.05) is 11.6 Å². The van der Waals surface area contributed by atoms with Gasteiger partial charge < -0.3 is 10.2 Å². The average molecular weight is 274 g/mol. The van der Waals surface area contributed by atoms with Gasteiger partial charge in [0.1, 0.15) is 11.8 Å². The molecule has 4 nitrogen and oxygen atoms in total. The highest BCUT2D eigenvalue weighted by atomic mass is 35.5. The fourth-order valence-corrected chi connectivity index (χ4v) is 2.08.